The van der Waals surface area contributed by atoms with Gasteiger partial charge in [-0.2, -0.15) is 0 Å². The molecule has 202 valence electrons. The van der Waals surface area contributed by atoms with Gasteiger partial charge in [0.25, 0.3) is 0 Å². The fourth-order valence-electron chi connectivity index (χ4n) is 3.28. The Hall–Kier alpha value is -3.18. The molecule has 37 heavy (non-hydrogen) atoms. The Balaban J connectivity index is 0. The molecule has 1 atom stereocenters. The van der Waals surface area contributed by atoms with E-state index in [1.807, 2.05) is 107 Å². The van der Waals surface area contributed by atoms with Crippen LogP contribution in [0.4, 0.5) is 0 Å². The third kappa shape index (κ3) is 10.8. The van der Waals surface area contributed by atoms with Gasteiger partial charge in [0.05, 0.1) is 6.54 Å². The van der Waals surface area contributed by atoms with Gasteiger partial charge in [-0.05, 0) is 32.6 Å². The highest BCUT2D eigenvalue weighted by molar-refractivity contribution is 6.31. The summed E-state index contributed by atoms with van der Waals surface area (Å²) in [5.41, 5.74) is 6.64. The van der Waals surface area contributed by atoms with Crippen molar-refractivity contribution < 1.29 is 9.53 Å². The zero-order valence-electron chi connectivity index (χ0n) is 23.6. The topological polar surface area (TPSA) is 64.3 Å². The number of nitrogens with two attached hydrogens (primary N) is 1. The molecule has 0 aliphatic rings. The normalized spacial score (nSPS) is 10.5. The Labute approximate surface area is 230 Å². The summed E-state index contributed by atoms with van der Waals surface area (Å²) < 4.78 is 6.18. The van der Waals surface area contributed by atoms with Crippen LogP contribution in [0.15, 0.2) is 98.1 Å². The molecular weight excluding hydrogens is 480 g/mol. The van der Waals surface area contributed by atoms with Gasteiger partial charge in [0, 0.05) is 21.7 Å². The number of likely N-dealkylation sites (N-methyl/N-ethyl adjacent to an activating group) is 1. The molecule has 0 bridgehead atoms. The van der Waals surface area contributed by atoms with Crippen LogP contribution in [0, 0.1) is 0 Å². The molecule has 0 aliphatic heterocycles. The minimum absolute atomic E-state index is 0.0871. The van der Waals surface area contributed by atoms with Gasteiger partial charge >= 0.3 is 5.97 Å². The highest BCUT2D eigenvalue weighted by Crippen LogP contribution is 2.43. The second-order valence-electron chi connectivity index (χ2n) is 6.77. The third-order valence-electron chi connectivity index (χ3n) is 4.57. The van der Waals surface area contributed by atoms with Crippen LogP contribution in [0.2, 0.25) is 5.02 Å². The molecule has 0 saturated carbocycles. The molecule has 0 fully saturated rings. The van der Waals surface area contributed by atoms with E-state index in [1.165, 1.54) is 7.05 Å². The molecule has 3 rings (SSSR count). The summed E-state index contributed by atoms with van der Waals surface area (Å²) >= 11 is 6.60. The van der Waals surface area contributed by atoms with Crippen LogP contribution in [0.1, 0.15) is 56.9 Å². The molecule has 0 amide bonds. The average Bonchev–Trinajstić information content (AvgIpc) is 2.96. The Kier molecular flexibility index (Phi) is 21.4. The third-order valence-corrected chi connectivity index (χ3v) is 4.90. The fraction of sp³-hybridized carbons (Fsp3) is 0.281. The SMILES string of the molecule is C=CC.C=Cc1ccc(C(OC(=O)CNC)(c2ccccc2)c2ccccc2Cl)cc1.CC.CC.CN. The van der Waals surface area contributed by atoms with Crippen molar-refractivity contribution in [1.82, 2.24) is 5.32 Å². The number of esters is 1. The van der Waals surface area contributed by atoms with E-state index in [2.05, 4.69) is 24.2 Å². The van der Waals surface area contributed by atoms with Crippen molar-refractivity contribution in [3.63, 3.8) is 0 Å². The van der Waals surface area contributed by atoms with Gasteiger partial charge < -0.3 is 15.8 Å². The Bertz CT molecular complexity index is 1000. The first kappa shape index (κ1) is 36.0. The van der Waals surface area contributed by atoms with Gasteiger partial charge in [-0.25, -0.2) is 0 Å². The molecule has 3 aromatic rings. The van der Waals surface area contributed by atoms with E-state index < -0.39 is 5.60 Å². The molecule has 1 unspecified atom stereocenters. The van der Waals surface area contributed by atoms with E-state index in [1.54, 1.807) is 25.3 Å². The standard InChI is InChI=1S/C24H22ClNO2.C3H6.2C2H6.CH5N/c1-3-18-13-15-20(16-14-18)24(28-23(27)17-26-2,19-9-5-4-6-10-19)21-11-7-8-12-22(21)25;1-3-2;3*1-2/h3-16,26H,1,17H2,2H3;3H,1H2,2H3;2*1-2H3;2H2,1H3. The van der Waals surface area contributed by atoms with E-state index in [0.717, 1.165) is 16.7 Å². The van der Waals surface area contributed by atoms with Crippen LogP contribution < -0.4 is 11.1 Å². The van der Waals surface area contributed by atoms with Gasteiger partial charge in [0.15, 0.2) is 5.60 Å². The van der Waals surface area contributed by atoms with Crippen LogP contribution in [-0.4, -0.2) is 26.6 Å². The van der Waals surface area contributed by atoms with Crippen molar-refractivity contribution in [2.24, 2.45) is 5.73 Å². The van der Waals surface area contributed by atoms with Crippen LogP contribution in [0.3, 0.4) is 0 Å². The number of ether oxygens (including phenoxy) is 1. The van der Waals surface area contributed by atoms with Crippen molar-refractivity contribution in [3.05, 3.63) is 125 Å². The zero-order chi connectivity index (χ0) is 28.7. The lowest BCUT2D eigenvalue weighted by Gasteiger charge is -2.36. The van der Waals surface area contributed by atoms with Gasteiger partial charge in [-0.15, -0.1) is 6.58 Å². The summed E-state index contributed by atoms with van der Waals surface area (Å²) in [6.07, 6.45) is 3.52. The molecule has 0 aromatic heterocycles. The number of allylic oxidation sites excluding steroid dienone is 1. The Morgan fingerprint density at radius 2 is 1.35 bits per heavy atom. The summed E-state index contributed by atoms with van der Waals surface area (Å²) in [5, 5.41) is 3.38. The first-order valence-corrected chi connectivity index (χ1v) is 13.0. The lowest BCUT2D eigenvalue weighted by molar-refractivity contribution is -0.152. The van der Waals surface area contributed by atoms with Gasteiger partial charge in [-0.3, -0.25) is 4.79 Å². The quantitative estimate of drug-likeness (QED) is 0.187. The molecule has 0 spiro atoms. The van der Waals surface area contributed by atoms with E-state index in [9.17, 15) is 4.79 Å². The van der Waals surface area contributed by atoms with Gasteiger partial charge in [0.1, 0.15) is 0 Å². The number of halogens is 1. The van der Waals surface area contributed by atoms with E-state index in [0.29, 0.717) is 10.6 Å². The predicted octanol–water partition coefficient (Wildman–Crippen LogP) is 7.86. The molecule has 0 aliphatic carbocycles. The summed E-state index contributed by atoms with van der Waals surface area (Å²) in [5.74, 6) is -0.376. The second kappa shape index (κ2) is 22.1. The number of carbonyl (C=O) groups is 1. The molecule has 3 N–H and O–H groups in total. The van der Waals surface area contributed by atoms with Crippen molar-refractivity contribution in [1.29, 1.82) is 0 Å². The maximum Gasteiger partial charge on any atom is 0.321 e. The highest BCUT2D eigenvalue weighted by atomic mass is 35.5. The average molecular weight is 525 g/mol. The first-order chi connectivity index (χ1) is 18.0. The van der Waals surface area contributed by atoms with Crippen LogP contribution in [0.5, 0.6) is 0 Å². The Morgan fingerprint density at radius 1 is 0.892 bits per heavy atom. The molecule has 3 aromatic carbocycles. The van der Waals surface area contributed by atoms with E-state index in [-0.39, 0.29) is 12.5 Å². The minimum Gasteiger partial charge on any atom is -0.443 e. The largest absolute Gasteiger partial charge is 0.443 e. The summed E-state index contributed by atoms with van der Waals surface area (Å²) in [6, 6.07) is 24.9. The molecule has 4 nitrogen and oxygen atoms in total. The number of carbonyl (C=O) groups excluding carboxylic acids is 1. The summed E-state index contributed by atoms with van der Waals surface area (Å²) in [6.45, 7) is 17.1. The van der Waals surface area contributed by atoms with Crippen molar-refractivity contribution in [2.45, 2.75) is 40.2 Å². The molecular formula is C32H45ClN2O2. The molecule has 0 heterocycles. The van der Waals surface area contributed by atoms with E-state index >= 15 is 0 Å². The number of hydrogen-bond donors (Lipinski definition) is 2. The predicted molar refractivity (Wildman–Crippen MR) is 163 cm³/mol. The molecule has 0 saturated heterocycles. The maximum absolute atomic E-state index is 12.7. The smallest absolute Gasteiger partial charge is 0.321 e. The lowest BCUT2D eigenvalue weighted by atomic mass is 9.79. The number of benzene rings is 3. The zero-order valence-corrected chi connectivity index (χ0v) is 24.3. The highest BCUT2D eigenvalue weighted by Gasteiger charge is 2.41. The van der Waals surface area contributed by atoms with Crippen LogP contribution in [-0.2, 0) is 15.1 Å². The first-order valence-electron chi connectivity index (χ1n) is 12.6. The number of rotatable bonds is 7. The summed E-state index contributed by atoms with van der Waals surface area (Å²) in [4.78, 5) is 12.7. The minimum atomic E-state index is -1.17. The lowest BCUT2D eigenvalue weighted by Crippen LogP contribution is -2.38. The van der Waals surface area contributed by atoms with Gasteiger partial charge in [-0.1, -0.05) is 131 Å². The van der Waals surface area contributed by atoms with Crippen molar-refractivity contribution >= 4 is 23.6 Å². The number of hydrogen-bond acceptors (Lipinski definition) is 4. The Morgan fingerprint density at radius 3 is 1.81 bits per heavy atom. The van der Waals surface area contributed by atoms with Crippen LogP contribution in [0.25, 0.3) is 6.08 Å². The molecule has 5 heteroatoms. The monoisotopic (exact) mass is 524 g/mol. The van der Waals surface area contributed by atoms with Gasteiger partial charge in [0.2, 0.25) is 0 Å². The van der Waals surface area contributed by atoms with Crippen molar-refractivity contribution in [3.8, 4) is 0 Å². The van der Waals surface area contributed by atoms with Crippen molar-refractivity contribution in [2.75, 3.05) is 20.6 Å². The number of nitrogens with one attached hydrogen (secondary N) is 1. The van der Waals surface area contributed by atoms with E-state index in [4.69, 9.17) is 16.3 Å². The molecule has 0 radical (unpaired) electrons. The second-order valence-corrected chi connectivity index (χ2v) is 7.17. The van der Waals surface area contributed by atoms with Crippen LogP contribution >= 0.6 is 11.6 Å². The summed E-state index contributed by atoms with van der Waals surface area (Å²) in [7, 11) is 3.21. The maximum atomic E-state index is 12.7. The fourth-order valence-corrected chi connectivity index (χ4v) is 3.54.